The number of carbonyl (C=O) groups excluding carboxylic acids is 1. The summed E-state index contributed by atoms with van der Waals surface area (Å²) in [6.45, 7) is 4.66. The highest BCUT2D eigenvalue weighted by molar-refractivity contribution is 7.17. The predicted molar refractivity (Wildman–Crippen MR) is 81.5 cm³/mol. The lowest BCUT2D eigenvalue weighted by molar-refractivity contribution is 0.0605. The topological polar surface area (TPSA) is 42.4 Å². The van der Waals surface area contributed by atoms with E-state index in [-0.39, 0.29) is 5.97 Å². The number of aryl methyl sites for hydroxylation is 2. The summed E-state index contributed by atoms with van der Waals surface area (Å²) < 4.78 is 4.76. The molecule has 0 bridgehead atoms. The van der Waals surface area contributed by atoms with Gasteiger partial charge in [-0.15, -0.1) is 0 Å². The Morgan fingerprint density at radius 1 is 1.40 bits per heavy atom. The van der Waals surface area contributed by atoms with Crippen LogP contribution in [0, 0.1) is 13.8 Å². The number of methoxy groups -OCH3 is 1. The first-order valence-electron chi connectivity index (χ1n) is 6.33. The van der Waals surface area contributed by atoms with Crippen LogP contribution in [0.2, 0.25) is 0 Å². The molecular weight excluding hydrogens is 272 g/mol. The molecule has 0 aliphatic heterocycles. The second-order valence-electron chi connectivity index (χ2n) is 4.75. The first-order chi connectivity index (χ1) is 9.51. The van der Waals surface area contributed by atoms with Gasteiger partial charge in [0.2, 0.25) is 0 Å². The van der Waals surface area contributed by atoms with Crippen molar-refractivity contribution in [1.29, 1.82) is 0 Å². The van der Waals surface area contributed by atoms with Crippen molar-refractivity contribution in [2.75, 3.05) is 19.1 Å². The number of carbonyl (C=O) groups is 1. The molecule has 20 heavy (non-hydrogen) atoms. The molecule has 0 spiro atoms. The van der Waals surface area contributed by atoms with Gasteiger partial charge < -0.3 is 9.64 Å². The van der Waals surface area contributed by atoms with Gasteiger partial charge in [0.15, 0.2) is 5.13 Å². The molecule has 2 rings (SSSR count). The Morgan fingerprint density at radius 3 is 2.80 bits per heavy atom. The Kier molecular flexibility index (Phi) is 4.39. The van der Waals surface area contributed by atoms with Gasteiger partial charge in [-0.1, -0.05) is 41.2 Å². The summed E-state index contributed by atoms with van der Waals surface area (Å²) in [7, 11) is 3.36. The van der Waals surface area contributed by atoms with E-state index >= 15 is 0 Å². The van der Waals surface area contributed by atoms with Crippen LogP contribution in [-0.4, -0.2) is 25.1 Å². The average Bonchev–Trinajstić information content (AvgIpc) is 2.80. The van der Waals surface area contributed by atoms with E-state index in [1.165, 1.54) is 29.6 Å². The normalized spacial score (nSPS) is 10.4. The summed E-state index contributed by atoms with van der Waals surface area (Å²) in [5, 5.41) is 0.824. The molecule has 0 amide bonds. The summed E-state index contributed by atoms with van der Waals surface area (Å²) in [4.78, 5) is 18.7. The van der Waals surface area contributed by atoms with E-state index in [9.17, 15) is 4.79 Å². The zero-order chi connectivity index (χ0) is 14.7. The Hall–Kier alpha value is -1.88. The first kappa shape index (κ1) is 14.5. The fourth-order valence-corrected chi connectivity index (χ4v) is 2.93. The maximum Gasteiger partial charge on any atom is 0.350 e. The molecular formula is C15H18N2O2S. The van der Waals surface area contributed by atoms with Crippen molar-refractivity contribution in [2.24, 2.45) is 0 Å². The molecule has 0 unspecified atom stereocenters. The molecule has 1 aromatic heterocycles. The maximum atomic E-state index is 11.6. The molecule has 0 aliphatic carbocycles. The molecule has 0 saturated carbocycles. The fraction of sp³-hybridized carbons (Fsp3) is 0.333. The summed E-state index contributed by atoms with van der Waals surface area (Å²) in [5.41, 5.74) is 3.18. The minimum atomic E-state index is -0.324. The van der Waals surface area contributed by atoms with E-state index in [1.54, 1.807) is 0 Å². The molecule has 1 aromatic carbocycles. The quantitative estimate of drug-likeness (QED) is 0.811. The number of anilines is 1. The summed E-state index contributed by atoms with van der Waals surface area (Å²) in [6, 6.07) is 8.36. The first-order valence-corrected chi connectivity index (χ1v) is 7.15. The minimum Gasteiger partial charge on any atom is -0.465 e. The summed E-state index contributed by atoms with van der Waals surface area (Å²) in [5.74, 6) is -0.324. The third-order valence-corrected chi connectivity index (χ3v) is 4.24. The van der Waals surface area contributed by atoms with Crippen LogP contribution in [0.4, 0.5) is 5.13 Å². The highest BCUT2D eigenvalue weighted by atomic mass is 32.1. The molecule has 0 saturated heterocycles. The third-order valence-electron chi connectivity index (χ3n) is 2.98. The van der Waals surface area contributed by atoms with Crippen LogP contribution in [-0.2, 0) is 11.3 Å². The molecule has 106 valence electrons. The maximum absolute atomic E-state index is 11.6. The number of ether oxygens (including phenoxy) is 1. The average molecular weight is 290 g/mol. The lowest BCUT2D eigenvalue weighted by Gasteiger charge is -2.15. The predicted octanol–water partition coefficient (Wildman–Crippen LogP) is 3.18. The Labute approximate surface area is 123 Å². The van der Waals surface area contributed by atoms with E-state index in [1.807, 2.05) is 24.9 Å². The van der Waals surface area contributed by atoms with E-state index in [0.29, 0.717) is 10.6 Å². The van der Waals surface area contributed by atoms with Gasteiger partial charge in [-0.25, -0.2) is 9.78 Å². The number of esters is 1. The molecule has 2 aromatic rings. The Morgan fingerprint density at radius 2 is 2.15 bits per heavy atom. The number of thiazole rings is 1. The van der Waals surface area contributed by atoms with Gasteiger partial charge in [0.25, 0.3) is 0 Å². The van der Waals surface area contributed by atoms with Gasteiger partial charge in [0, 0.05) is 13.6 Å². The smallest absolute Gasteiger partial charge is 0.350 e. The van der Waals surface area contributed by atoms with Crippen molar-refractivity contribution < 1.29 is 9.53 Å². The van der Waals surface area contributed by atoms with Crippen molar-refractivity contribution >= 4 is 22.4 Å². The summed E-state index contributed by atoms with van der Waals surface area (Å²) in [6.07, 6.45) is 0. The molecule has 5 heteroatoms. The zero-order valence-electron chi connectivity index (χ0n) is 12.1. The highest BCUT2D eigenvalue weighted by Gasteiger charge is 2.17. The number of rotatable bonds is 4. The van der Waals surface area contributed by atoms with Crippen LogP contribution >= 0.6 is 11.3 Å². The van der Waals surface area contributed by atoms with Crippen LogP contribution in [0.25, 0.3) is 0 Å². The van der Waals surface area contributed by atoms with Crippen LogP contribution in [0.1, 0.15) is 26.5 Å². The number of nitrogens with zero attached hydrogens (tertiary/aromatic N) is 2. The standard InChI is InChI=1S/C15H18N2O2S/c1-10-6-5-7-12(8-10)9-17(3)15-16-11(2)13(20-15)14(18)19-4/h5-8H,9H2,1-4H3. The second kappa shape index (κ2) is 6.05. The lowest BCUT2D eigenvalue weighted by atomic mass is 10.1. The molecule has 1 heterocycles. The molecule has 0 N–H and O–H groups in total. The van der Waals surface area contributed by atoms with Crippen molar-refractivity contribution in [3.8, 4) is 0 Å². The zero-order valence-corrected chi connectivity index (χ0v) is 13.0. The van der Waals surface area contributed by atoms with E-state index < -0.39 is 0 Å². The van der Waals surface area contributed by atoms with Crippen LogP contribution < -0.4 is 4.90 Å². The molecule has 0 fully saturated rings. The van der Waals surface area contributed by atoms with E-state index in [0.717, 1.165) is 11.7 Å². The van der Waals surface area contributed by atoms with E-state index in [4.69, 9.17) is 4.74 Å². The fourth-order valence-electron chi connectivity index (χ4n) is 1.98. The van der Waals surface area contributed by atoms with Crippen molar-refractivity contribution in [3.05, 3.63) is 46.0 Å². The molecule has 0 radical (unpaired) electrons. The summed E-state index contributed by atoms with van der Waals surface area (Å²) >= 11 is 1.36. The molecule has 0 aliphatic rings. The number of aromatic nitrogens is 1. The van der Waals surface area contributed by atoms with Crippen molar-refractivity contribution in [3.63, 3.8) is 0 Å². The lowest BCUT2D eigenvalue weighted by Crippen LogP contribution is -2.16. The van der Waals surface area contributed by atoms with Gasteiger partial charge in [-0.2, -0.15) is 0 Å². The van der Waals surface area contributed by atoms with Crippen LogP contribution in [0.15, 0.2) is 24.3 Å². The highest BCUT2D eigenvalue weighted by Crippen LogP contribution is 2.26. The number of benzene rings is 1. The van der Waals surface area contributed by atoms with Crippen LogP contribution in [0.3, 0.4) is 0 Å². The molecule has 4 nitrogen and oxygen atoms in total. The van der Waals surface area contributed by atoms with Crippen molar-refractivity contribution in [1.82, 2.24) is 4.98 Å². The number of hydrogen-bond acceptors (Lipinski definition) is 5. The number of hydrogen-bond donors (Lipinski definition) is 0. The third kappa shape index (κ3) is 3.17. The monoisotopic (exact) mass is 290 g/mol. The van der Waals surface area contributed by atoms with E-state index in [2.05, 4.69) is 30.1 Å². The van der Waals surface area contributed by atoms with Gasteiger partial charge in [-0.3, -0.25) is 0 Å². The second-order valence-corrected chi connectivity index (χ2v) is 5.73. The molecule has 0 atom stereocenters. The Balaban J connectivity index is 2.17. The van der Waals surface area contributed by atoms with Gasteiger partial charge in [-0.05, 0) is 19.4 Å². The van der Waals surface area contributed by atoms with Crippen molar-refractivity contribution in [2.45, 2.75) is 20.4 Å². The minimum absolute atomic E-state index is 0.324. The van der Waals surface area contributed by atoms with Gasteiger partial charge in [0.1, 0.15) is 4.88 Å². The SMILES string of the molecule is COC(=O)c1sc(N(C)Cc2cccc(C)c2)nc1C. The van der Waals surface area contributed by atoms with Gasteiger partial charge in [0.05, 0.1) is 12.8 Å². The van der Waals surface area contributed by atoms with Gasteiger partial charge >= 0.3 is 5.97 Å². The van der Waals surface area contributed by atoms with Crippen LogP contribution in [0.5, 0.6) is 0 Å². The largest absolute Gasteiger partial charge is 0.465 e. The Bertz CT molecular complexity index is 622.